The first-order valence-electron chi connectivity index (χ1n) is 8.21. The van der Waals surface area contributed by atoms with Gasteiger partial charge in [0.15, 0.2) is 5.79 Å². The van der Waals surface area contributed by atoms with E-state index in [-0.39, 0.29) is 6.03 Å². The summed E-state index contributed by atoms with van der Waals surface area (Å²) < 4.78 is 22.0. The van der Waals surface area contributed by atoms with E-state index >= 15 is 0 Å². The number of benzene rings is 1. The second-order valence-electron chi connectivity index (χ2n) is 5.98. The molecule has 7 heteroatoms. The Bertz CT molecular complexity index is 554. The first-order chi connectivity index (χ1) is 11.6. The smallest absolute Gasteiger partial charge is 0.321 e. The molecule has 24 heavy (non-hydrogen) atoms. The Balaban J connectivity index is 1.60. The molecule has 0 unspecified atom stereocenters. The maximum Gasteiger partial charge on any atom is 0.321 e. The van der Waals surface area contributed by atoms with Crippen molar-refractivity contribution in [2.75, 3.05) is 45.8 Å². The Kier molecular flexibility index (Phi) is 5.11. The predicted octanol–water partition coefficient (Wildman–Crippen LogP) is 2.46. The minimum Gasteiger partial charge on any atom is -0.497 e. The zero-order chi connectivity index (χ0) is 17.0. The van der Waals surface area contributed by atoms with E-state index in [1.54, 1.807) is 37.3 Å². The van der Waals surface area contributed by atoms with Gasteiger partial charge in [-0.2, -0.15) is 0 Å². The van der Waals surface area contributed by atoms with Gasteiger partial charge in [0.25, 0.3) is 0 Å². The van der Waals surface area contributed by atoms with Crippen molar-refractivity contribution in [3.05, 3.63) is 18.2 Å². The minimum atomic E-state index is -0.492. The van der Waals surface area contributed by atoms with Crippen molar-refractivity contribution in [3.8, 4) is 11.5 Å². The Morgan fingerprint density at radius 1 is 1.08 bits per heavy atom. The highest BCUT2D eigenvalue weighted by atomic mass is 16.7. The fourth-order valence-corrected chi connectivity index (χ4v) is 3.04. The molecule has 132 valence electrons. The van der Waals surface area contributed by atoms with Gasteiger partial charge in [-0.25, -0.2) is 4.79 Å². The Hall–Kier alpha value is -1.99. The van der Waals surface area contributed by atoms with Crippen molar-refractivity contribution in [1.82, 2.24) is 4.90 Å². The highest BCUT2D eigenvalue weighted by Crippen LogP contribution is 2.31. The fraction of sp³-hybridized carbons (Fsp3) is 0.588. The number of urea groups is 1. The van der Waals surface area contributed by atoms with Crippen LogP contribution in [0.15, 0.2) is 18.2 Å². The molecule has 3 rings (SSSR count). The quantitative estimate of drug-likeness (QED) is 0.918. The zero-order valence-corrected chi connectivity index (χ0v) is 14.2. The molecule has 0 saturated carbocycles. The van der Waals surface area contributed by atoms with Crippen LogP contribution < -0.4 is 14.8 Å². The second kappa shape index (κ2) is 7.27. The van der Waals surface area contributed by atoms with Crippen LogP contribution >= 0.6 is 0 Å². The summed E-state index contributed by atoms with van der Waals surface area (Å²) in [6.45, 7) is 2.67. The standard InChI is InChI=1S/C17H24N2O5/c1-21-14-10-13(11-15(12-14)22-2)18-16(20)19-6-4-17(5-7-19)23-8-3-9-24-17/h10-12H,3-9H2,1-2H3,(H,18,20). The number of amides is 2. The van der Waals surface area contributed by atoms with Crippen LogP contribution in [-0.2, 0) is 9.47 Å². The van der Waals surface area contributed by atoms with E-state index in [1.807, 2.05) is 0 Å². The number of carbonyl (C=O) groups is 1. The molecule has 1 spiro atoms. The van der Waals surface area contributed by atoms with Gasteiger partial charge < -0.3 is 29.2 Å². The fourth-order valence-electron chi connectivity index (χ4n) is 3.04. The topological polar surface area (TPSA) is 69.3 Å². The molecule has 2 saturated heterocycles. The average molecular weight is 336 g/mol. The molecule has 2 heterocycles. The average Bonchev–Trinajstić information content (AvgIpc) is 2.62. The van der Waals surface area contributed by atoms with Gasteiger partial charge in [-0.3, -0.25) is 0 Å². The largest absolute Gasteiger partial charge is 0.497 e. The highest BCUT2D eigenvalue weighted by Gasteiger charge is 2.39. The van der Waals surface area contributed by atoms with Gasteiger partial charge in [0.1, 0.15) is 11.5 Å². The van der Waals surface area contributed by atoms with Crippen molar-refractivity contribution in [1.29, 1.82) is 0 Å². The number of ether oxygens (including phenoxy) is 4. The van der Waals surface area contributed by atoms with Crippen LogP contribution in [0.5, 0.6) is 11.5 Å². The van der Waals surface area contributed by atoms with Crippen molar-refractivity contribution in [3.63, 3.8) is 0 Å². The maximum absolute atomic E-state index is 12.5. The molecule has 0 radical (unpaired) electrons. The van der Waals surface area contributed by atoms with E-state index in [2.05, 4.69) is 5.32 Å². The third kappa shape index (κ3) is 3.73. The molecule has 7 nitrogen and oxygen atoms in total. The summed E-state index contributed by atoms with van der Waals surface area (Å²) in [4.78, 5) is 14.3. The first-order valence-corrected chi connectivity index (χ1v) is 8.21. The lowest BCUT2D eigenvalue weighted by molar-refractivity contribution is -0.281. The predicted molar refractivity (Wildman–Crippen MR) is 88.6 cm³/mol. The highest BCUT2D eigenvalue weighted by molar-refractivity contribution is 5.90. The van der Waals surface area contributed by atoms with Crippen LogP contribution in [0.2, 0.25) is 0 Å². The number of hydrogen-bond acceptors (Lipinski definition) is 5. The van der Waals surface area contributed by atoms with Crippen LogP contribution in [0.1, 0.15) is 19.3 Å². The normalized spacial score (nSPS) is 19.8. The number of likely N-dealkylation sites (tertiary alicyclic amines) is 1. The van der Waals surface area contributed by atoms with E-state index in [1.165, 1.54) is 0 Å². The molecule has 1 aromatic rings. The SMILES string of the molecule is COc1cc(NC(=O)N2CCC3(CC2)OCCCO3)cc(OC)c1. The monoisotopic (exact) mass is 336 g/mol. The van der Waals surface area contributed by atoms with Crippen LogP contribution in [-0.4, -0.2) is 57.2 Å². The molecular formula is C17H24N2O5. The van der Waals surface area contributed by atoms with Crippen LogP contribution in [0, 0.1) is 0 Å². The molecule has 2 aliphatic heterocycles. The lowest BCUT2D eigenvalue weighted by Gasteiger charge is -2.43. The molecule has 0 aromatic heterocycles. The number of nitrogens with zero attached hydrogens (tertiary/aromatic N) is 1. The molecule has 0 atom stereocenters. The van der Waals surface area contributed by atoms with Gasteiger partial charge in [0.2, 0.25) is 0 Å². The van der Waals surface area contributed by atoms with Crippen LogP contribution in [0.4, 0.5) is 10.5 Å². The van der Waals surface area contributed by atoms with Crippen LogP contribution in [0.3, 0.4) is 0 Å². The Morgan fingerprint density at radius 2 is 1.67 bits per heavy atom. The number of piperidine rings is 1. The minimum absolute atomic E-state index is 0.143. The summed E-state index contributed by atoms with van der Waals surface area (Å²) in [5, 5.41) is 2.90. The molecule has 2 fully saturated rings. The lowest BCUT2D eigenvalue weighted by atomic mass is 10.0. The number of methoxy groups -OCH3 is 2. The number of nitrogens with one attached hydrogen (secondary N) is 1. The molecule has 1 aromatic carbocycles. The van der Waals surface area contributed by atoms with Gasteiger partial charge in [-0.15, -0.1) is 0 Å². The van der Waals surface area contributed by atoms with E-state index in [0.29, 0.717) is 43.1 Å². The second-order valence-corrected chi connectivity index (χ2v) is 5.98. The van der Waals surface area contributed by atoms with Gasteiger partial charge in [-0.1, -0.05) is 0 Å². The molecule has 2 amide bonds. The lowest BCUT2D eigenvalue weighted by Crippen LogP contribution is -2.52. The van der Waals surface area contributed by atoms with Gasteiger partial charge in [0, 0.05) is 49.8 Å². The van der Waals surface area contributed by atoms with Gasteiger partial charge in [-0.05, 0) is 6.42 Å². The van der Waals surface area contributed by atoms with Gasteiger partial charge in [0.05, 0.1) is 27.4 Å². The Morgan fingerprint density at radius 3 is 2.21 bits per heavy atom. The summed E-state index contributed by atoms with van der Waals surface area (Å²) in [5.41, 5.74) is 0.640. The third-order valence-corrected chi connectivity index (χ3v) is 4.43. The van der Waals surface area contributed by atoms with E-state index in [9.17, 15) is 4.79 Å². The molecule has 0 aliphatic carbocycles. The summed E-state index contributed by atoms with van der Waals surface area (Å²) in [6.07, 6.45) is 2.33. The molecule has 1 N–H and O–H groups in total. The zero-order valence-electron chi connectivity index (χ0n) is 14.2. The molecular weight excluding hydrogens is 312 g/mol. The van der Waals surface area contributed by atoms with Crippen molar-refractivity contribution in [2.45, 2.75) is 25.0 Å². The van der Waals surface area contributed by atoms with Gasteiger partial charge >= 0.3 is 6.03 Å². The van der Waals surface area contributed by atoms with Crippen molar-refractivity contribution >= 4 is 11.7 Å². The van der Waals surface area contributed by atoms with Crippen molar-refractivity contribution in [2.24, 2.45) is 0 Å². The first kappa shape index (κ1) is 16.9. The summed E-state index contributed by atoms with van der Waals surface area (Å²) in [5.74, 6) is 0.770. The Labute approximate surface area is 141 Å². The van der Waals surface area contributed by atoms with E-state index in [4.69, 9.17) is 18.9 Å². The number of carbonyl (C=O) groups excluding carboxylic acids is 1. The third-order valence-electron chi connectivity index (χ3n) is 4.43. The maximum atomic E-state index is 12.5. The van der Waals surface area contributed by atoms with Crippen LogP contribution in [0.25, 0.3) is 0 Å². The van der Waals surface area contributed by atoms with E-state index < -0.39 is 5.79 Å². The summed E-state index contributed by atoms with van der Waals surface area (Å²) >= 11 is 0. The summed E-state index contributed by atoms with van der Waals surface area (Å²) in [7, 11) is 3.16. The molecule has 0 bridgehead atoms. The molecule has 2 aliphatic rings. The number of anilines is 1. The number of rotatable bonds is 3. The van der Waals surface area contributed by atoms with Crippen molar-refractivity contribution < 1.29 is 23.7 Å². The number of hydrogen-bond donors (Lipinski definition) is 1. The van der Waals surface area contributed by atoms with E-state index in [0.717, 1.165) is 19.6 Å². The summed E-state index contributed by atoms with van der Waals surface area (Å²) in [6, 6.07) is 5.15.